The van der Waals surface area contributed by atoms with Gasteiger partial charge in [-0.2, -0.15) is 9.99 Å². The number of carbonyl (C=O) groups excluding carboxylic acids is 1. The maximum absolute atomic E-state index is 11.4. The molecule has 0 radical (unpaired) electrons. The van der Waals surface area contributed by atoms with Gasteiger partial charge in [0, 0.05) is 17.8 Å². The molecule has 7 nitrogen and oxygen atoms in total. The highest BCUT2D eigenvalue weighted by Gasteiger charge is 2.25. The Labute approximate surface area is 215 Å². The molecule has 0 bridgehead atoms. The molecule has 36 heavy (non-hydrogen) atoms. The topological polar surface area (TPSA) is 95.2 Å². The van der Waals surface area contributed by atoms with Gasteiger partial charge < -0.3 is 15.4 Å². The number of hydrazone groups is 1. The third kappa shape index (κ3) is 6.50. The molecule has 0 fully saturated rings. The van der Waals surface area contributed by atoms with Crippen molar-refractivity contribution in [2.75, 3.05) is 13.3 Å². The minimum Gasteiger partial charge on any atom is -0.484 e. The highest BCUT2D eigenvalue weighted by atomic mass is 31.1. The summed E-state index contributed by atoms with van der Waals surface area (Å²) in [5.41, 5.74) is 13.9. The number of carbonyl (C=O) groups is 1. The van der Waals surface area contributed by atoms with Crippen LogP contribution in [-0.4, -0.2) is 25.0 Å². The summed E-state index contributed by atoms with van der Waals surface area (Å²) in [4.78, 5) is 22.0. The third-order valence-electron chi connectivity index (χ3n) is 5.55. The number of benzene rings is 3. The number of fused-ring (bicyclic) bond motifs is 1. The van der Waals surface area contributed by atoms with Gasteiger partial charge in [0.05, 0.1) is 7.11 Å². The standard InChI is InChI=1S/C27H29N3O4P2/c1-17(31)29-30-27(28)23-14-24(34-32-2)25(33-15-19-6-4-3-5-7-19)26-22(23)13-20(16-36-26)12-18-8-10-21(35)11-9-18/h3-11,13-14,36H,12,15-16,35H2,1-2H3,(H2,28,30)(H,29,31). The predicted octanol–water partition coefficient (Wildman–Crippen LogP) is 3.41. The Morgan fingerprint density at radius 3 is 2.58 bits per heavy atom. The Balaban J connectivity index is 1.77. The SMILES string of the molecule is COOc1cc(/C(N)=N\NC(C)=O)c2c(c1OCc1ccccc1)PCC(Cc1ccc(P)cc1)=C2. The van der Waals surface area contributed by atoms with Crippen LogP contribution in [-0.2, 0) is 22.7 Å². The van der Waals surface area contributed by atoms with E-state index in [1.54, 1.807) is 6.07 Å². The number of rotatable bonds is 9. The summed E-state index contributed by atoms with van der Waals surface area (Å²) in [6.07, 6.45) is 3.87. The second-order valence-corrected chi connectivity index (χ2v) is 10.2. The van der Waals surface area contributed by atoms with E-state index in [2.05, 4.69) is 50.1 Å². The van der Waals surface area contributed by atoms with Gasteiger partial charge in [-0.15, -0.1) is 9.24 Å². The molecule has 186 valence electrons. The summed E-state index contributed by atoms with van der Waals surface area (Å²) in [5, 5.41) is 6.21. The summed E-state index contributed by atoms with van der Waals surface area (Å²) in [7, 11) is 4.58. The van der Waals surface area contributed by atoms with Gasteiger partial charge in [0.2, 0.25) is 11.7 Å². The molecule has 3 aromatic carbocycles. The first-order valence-electron chi connectivity index (χ1n) is 11.4. The van der Waals surface area contributed by atoms with E-state index in [1.807, 2.05) is 30.3 Å². The molecule has 0 spiro atoms. The van der Waals surface area contributed by atoms with E-state index in [0.29, 0.717) is 32.3 Å². The molecule has 3 aromatic rings. The molecular formula is C27H29N3O4P2. The predicted molar refractivity (Wildman–Crippen MR) is 150 cm³/mol. The van der Waals surface area contributed by atoms with Gasteiger partial charge in [0.1, 0.15) is 6.61 Å². The summed E-state index contributed by atoms with van der Waals surface area (Å²) in [6, 6.07) is 20.1. The van der Waals surface area contributed by atoms with Gasteiger partial charge in [0.25, 0.3) is 0 Å². The lowest BCUT2D eigenvalue weighted by Gasteiger charge is -2.24. The number of hydrogen-bond acceptors (Lipinski definition) is 5. The van der Waals surface area contributed by atoms with E-state index in [9.17, 15) is 4.79 Å². The van der Waals surface area contributed by atoms with Crippen LogP contribution in [0.2, 0.25) is 0 Å². The summed E-state index contributed by atoms with van der Waals surface area (Å²) in [6.45, 7) is 1.76. The smallest absolute Gasteiger partial charge is 0.237 e. The van der Waals surface area contributed by atoms with Crippen LogP contribution in [0, 0.1) is 0 Å². The van der Waals surface area contributed by atoms with Crippen LogP contribution in [0.4, 0.5) is 0 Å². The zero-order valence-electron chi connectivity index (χ0n) is 20.2. The maximum atomic E-state index is 11.4. The highest BCUT2D eigenvalue weighted by Crippen LogP contribution is 2.40. The molecule has 1 amide bonds. The van der Waals surface area contributed by atoms with Crippen molar-refractivity contribution in [3.63, 3.8) is 0 Å². The average molecular weight is 521 g/mol. The Kier molecular flexibility index (Phi) is 8.71. The van der Waals surface area contributed by atoms with E-state index in [1.165, 1.54) is 25.2 Å². The first-order chi connectivity index (χ1) is 17.4. The Hall–Kier alpha value is -3.24. The summed E-state index contributed by atoms with van der Waals surface area (Å²) < 4.78 is 6.29. The van der Waals surface area contributed by atoms with Crippen molar-refractivity contribution in [1.82, 2.24) is 5.43 Å². The third-order valence-corrected chi connectivity index (χ3v) is 7.41. The van der Waals surface area contributed by atoms with Crippen LogP contribution in [0.3, 0.4) is 0 Å². The van der Waals surface area contributed by atoms with Gasteiger partial charge in [-0.05, 0) is 40.6 Å². The van der Waals surface area contributed by atoms with Crippen molar-refractivity contribution in [2.24, 2.45) is 10.8 Å². The van der Waals surface area contributed by atoms with E-state index in [-0.39, 0.29) is 11.7 Å². The first kappa shape index (κ1) is 25.8. The molecule has 9 heteroatoms. The Morgan fingerprint density at radius 2 is 1.89 bits per heavy atom. The average Bonchev–Trinajstić information content (AvgIpc) is 2.88. The lowest BCUT2D eigenvalue weighted by molar-refractivity contribution is -0.179. The van der Waals surface area contributed by atoms with Crippen LogP contribution in [0.15, 0.2) is 71.3 Å². The van der Waals surface area contributed by atoms with Crippen molar-refractivity contribution < 1.29 is 19.3 Å². The fraction of sp³-hybridized carbons (Fsp3) is 0.185. The zero-order valence-corrected chi connectivity index (χ0v) is 22.4. The van der Waals surface area contributed by atoms with Crippen LogP contribution >= 0.6 is 17.8 Å². The monoisotopic (exact) mass is 521 g/mol. The van der Waals surface area contributed by atoms with Crippen LogP contribution in [0.25, 0.3) is 6.08 Å². The lowest BCUT2D eigenvalue weighted by Crippen LogP contribution is -2.26. The number of amides is 1. The van der Waals surface area contributed by atoms with Gasteiger partial charge in [-0.1, -0.05) is 74.8 Å². The lowest BCUT2D eigenvalue weighted by atomic mass is 9.99. The fourth-order valence-corrected chi connectivity index (χ4v) is 5.46. The van der Waals surface area contributed by atoms with Gasteiger partial charge in [0.15, 0.2) is 11.6 Å². The van der Waals surface area contributed by atoms with Gasteiger partial charge in [-0.25, -0.2) is 5.43 Å². The van der Waals surface area contributed by atoms with Crippen molar-refractivity contribution in [3.05, 3.63) is 88.5 Å². The highest BCUT2D eigenvalue weighted by molar-refractivity contribution is 7.48. The van der Waals surface area contributed by atoms with E-state index >= 15 is 0 Å². The summed E-state index contributed by atoms with van der Waals surface area (Å²) in [5.74, 6) is 0.890. The molecule has 3 N–H and O–H groups in total. The minimum atomic E-state index is -0.307. The van der Waals surface area contributed by atoms with Gasteiger partial charge >= 0.3 is 0 Å². The van der Waals surface area contributed by atoms with Crippen LogP contribution < -0.4 is 31.4 Å². The van der Waals surface area contributed by atoms with Crippen LogP contribution in [0.5, 0.6) is 11.5 Å². The molecule has 0 saturated heterocycles. The molecule has 0 aliphatic carbocycles. The molecule has 4 rings (SSSR count). The molecular weight excluding hydrogens is 492 g/mol. The fourth-order valence-electron chi connectivity index (χ4n) is 3.88. The second-order valence-electron chi connectivity index (χ2n) is 8.30. The Bertz CT molecular complexity index is 1290. The quantitative estimate of drug-likeness (QED) is 0.148. The molecule has 0 aromatic heterocycles. The van der Waals surface area contributed by atoms with Crippen molar-refractivity contribution in [1.29, 1.82) is 0 Å². The number of nitrogens with zero attached hydrogens (tertiary/aromatic N) is 1. The number of ether oxygens (including phenoxy) is 1. The number of nitrogens with one attached hydrogen (secondary N) is 1. The summed E-state index contributed by atoms with van der Waals surface area (Å²) >= 11 is 0. The van der Waals surface area contributed by atoms with Gasteiger partial charge in [-0.3, -0.25) is 4.79 Å². The molecule has 2 atom stereocenters. The van der Waals surface area contributed by atoms with Crippen LogP contribution in [0.1, 0.15) is 29.2 Å². The second kappa shape index (κ2) is 12.1. The zero-order chi connectivity index (χ0) is 25.5. The van der Waals surface area contributed by atoms with E-state index in [4.69, 9.17) is 20.2 Å². The number of hydrogen-bond donors (Lipinski definition) is 2. The molecule has 1 aliphatic heterocycles. The minimum absolute atomic E-state index is 0.173. The van der Waals surface area contributed by atoms with Crippen molar-refractivity contribution in [3.8, 4) is 11.5 Å². The largest absolute Gasteiger partial charge is 0.484 e. The normalized spacial score (nSPS) is 13.6. The van der Waals surface area contributed by atoms with Crippen molar-refractivity contribution >= 4 is 46.2 Å². The Morgan fingerprint density at radius 1 is 1.14 bits per heavy atom. The van der Waals surface area contributed by atoms with E-state index in [0.717, 1.165) is 34.3 Å². The number of amidine groups is 1. The number of nitrogens with two attached hydrogens (primary N) is 1. The maximum Gasteiger partial charge on any atom is 0.237 e. The molecule has 1 aliphatic rings. The molecule has 0 saturated carbocycles. The van der Waals surface area contributed by atoms with Crippen molar-refractivity contribution in [2.45, 2.75) is 20.0 Å². The molecule has 2 unspecified atom stereocenters. The van der Waals surface area contributed by atoms with E-state index < -0.39 is 0 Å². The molecule has 1 heterocycles. The first-order valence-corrected chi connectivity index (χ1v) is 13.2. The number of allylic oxidation sites excluding steroid dienone is 1.